The van der Waals surface area contributed by atoms with Crippen LogP contribution in [0.4, 0.5) is 5.69 Å². The van der Waals surface area contributed by atoms with Gasteiger partial charge >= 0.3 is 0 Å². The minimum atomic E-state index is -3.79. The van der Waals surface area contributed by atoms with Gasteiger partial charge in [-0.25, -0.2) is 8.42 Å². The monoisotopic (exact) mass is 437 g/mol. The van der Waals surface area contributed by atoms with Crippen molar-refractivity contribution in [3.05, 3.63) is 17.7 Å². The van der Waals surface area contributed by atoms with Crippen LogP contribution >= 0.6 is 0 Å². The van der Waals surface area contributed by atoms with Crippen LogP contribution in [0, 0.1) is 12.8 Å². The lowest BCUT2D eigenvalue weighted by Gasteiger charge is -2.34. The number of piperidine rings is 1. The number of unbranched alkanes of at least 4 members (excludes halogenated alkanes) is 1. The van der Waals surface area contributed by atoms with Crippen LogP contribution in [-0.4, -0.2) is 62.2 Å². The van der Waals surface area contributed by atoms with Crippen molar-refractivity contribution in [1.82, 2.24) is 9.21 Å². The van der Waals surface area contributed by atoms with E-state index in [9.17, 15) is 18.0 Å². The van der Waals surface area contributed by atoms with Crippen molar-refractivity contribution in [2.24, 2.45) is 5.92 Å². The quantitative estimate of drug-likeness (QED) is 0.707. The number of nitrogens with zero attached hydrogens (tertiary/aromatic N) is 2. The first-order chi connectivity index (χ1) is 14.3. The number of ether oxygens (including phenoxy) is 1. The largest absolute Gasteiger partial charge is 0.482 e. The van der Waals surface area contributed by atoms with E-state index in [-0.39, 0.29) is 35.8 Å². The van der Waals surface area contributed by atoms with E-state index in [0.29, 0.717) is 49.5 Å². The summed E-state index contributed by atoms with van der Waals surface area (Å²) in [6.45, 7) is 7.53. The van der Waals surface area contributed by atoms with Crippen molar-refractivity contribution in [1.29, 1.82) is 0 Å². The average Bonchev–Trinajstić information content (AvgIpc) is 2.73. The van der Waals surface area contributed by atoms with Crippen LogP contribution in [0.5, 0.6) is 5.75 Å². The summed E-state index contributed by atoms with van der Waals surface area (Å²) in [5.41, 5.74) is 1.01. The third-order valence-corrected chi connectivity index (χ3v) is 7.74. The zero-order valence-corrected chi connectivity index (χ0v) is 18.8. The highest BCUT2D eigenvalue weighted by atomic mass is 32.2. The van der Waals surface area contributed by atoms with E-state index in [4.69, 9.17) is 4.74 Å². The van der Waals surface area contributed by atoms with Gasteiger partial charge in [0.25, 0.3) is 5.91 Å². The highest BCUT2D eigenvalue weighted by Crippen LogP contribution is 2.35. The number of hydrogen-bond donors (Lipinski definition) is 1. The predicted molar refractivity (Wildman–Crippen MR) is 114 cm³/mol. The predicted octanol–water partition coefficient (Wildman–Crippen LogP) is 2.38. The van der Waals surface area contributed by atoms with E-state index >= 15 is 0 Å². The zero-order chi connectivity index (χ0) is 21.9. The lowest BCUT2D eigenvalue weighted by atomic mass is 9.98. The highest BCUT2D eigenvalue weighted by molar-refractivity contribution is 7.89. The van der Waals surface area contributed by atoms with Crippen molar-refractivity contribution < 1.29 is 22.7 Å². The summed E-state index contributed by atoms with van der Waals surface area (Å²) < 4.78 is 33.6. The molecule has 0 radical (unpaired) electrons. The topological polar surface area (TPSA) is 96.0 Å². The molecule has 2 amide bonds. The van der Waals surface area contributed by atoms with E-state index in [1.165, 1.54) is 10.4 Å². The Labute approximate surface area is 178 Å². The molecule has 0 bridgehead atoms. The Morgan fingerprint density at radius 3 is 2.80 bits per heavy atom. The van der Waals surface area contributed by atoms with Gasteiger partial charge in [0.15, 0.2) is 6.61 Å². The first-order valence-electron chi connectivity index (χ1n) is 10.6. The minimum absolute atomic E-state index is 0.0408. The van der Waals surface area contributed by atoms with E-state index in [1.807, 2.05) is 11.8 Å². The highest BCUT2D eigenvalue weighted by Gasteiger charge is 2.36. The number of anilines is 1. The first-order valence-corrected chi connectivity index (χ1v) is 12.1. The number of fused-ring (bicyclic) bond motifs is 1. The molecule has 30 heavy (non-hydrogen) atoms. The van der Waals surface area contributed by atoms with Gasteiger partial charge in [-0.15, -0.1) is 0 Å². The third-order valence-electron chi connectivity index (χ3n) is 5.74. The van der Waals surface area contributed by atoms with Gasteiger partial charge in [0.05, 0.1) is 16.5 Å². The molecule has 3 rings (SSSR count). The second-order valence-corrected chi connectivity index (χ2v) is 9.83. The Balaban J connectivity index is 1.81. The maximum Gasteiger partial charge on any atom is 0.262 e. The van der Waals surface area contributed by atoms with Crippen LogP contribution in [-0.2, 0) is 19.6 Å². The Bertz CT molecular complexity index is 915. The number of benzene rings is 1. The Hall–Kier alpha value is -2.13. The minimum Gasteiger partial charge on any atom is -0.482 e. The molecule has 166 valence electrons. The summed E-state index contributed by atoms with van der Waals surface area (Å²) >= 11 is 0. The number of nitrogens with one attached hydrogen (secondary N) is 1. The lowest BCUT2D eigenvalue weighted by Crippen LogP contribution is -2.47. The summed E-state index contributed by atoms with van der Waals surface area (Å²) in [5, 5.41) is 2.69. The Kier molecular flexibility index (Phi) is 7.02. The van der Waals surface area contributed by atoms with Crippen molar-refractivity contribution in [2.75, 3.05) is 38.1 Å². The van der Waals surface area contributed by atoms with Gasteiger partial charge in [0, 0.05) is 32.2 Å². The molecule has 0 spiro atoms. The van der Waals surface area contributed by atoms with Crippen molar-refractivity contribution in [2.45, 2.75) is 51.3 Å². The summed E-state index contributed by atoms with van der Waals surface area (Å²) in [6.07, 6.45) is 3.30. The molecular formula is C21H31N3O5S. The van der Waals surface area contributed by atoms with Crippen molar-refractivity contribution >= 4 is 27.5 Å². The molecule has 0 unspecified atom stereocenters. The number of amides is 2. The zero-order valence-electron chi connectivity index (χ0n) is 17.9. The fourth-order valence-corrected chi connectivity index (χ4v) is 5.77. The molecule has 2 aliphatic heterocycles. The van der Waals surface area contributed by atoms with E-state index in [1.54, 1.807) is 13.0 Å². The molecule has 2 heterocycles. The van der Waals surface area contributed by atoms with Crippen LogP contribution in [0.1, 0.15) is 45.1 Å². The summed E-state index contributed by atoms with van der Waals surface area (Å²) in [4.78, 5) is 26.5. The molecule has 1 fully saturated rings. The molecule has 0 aromatic heterocycles. The molecule has 0 saturated carbocycles. The Morgan fingerprint density at radius 1 is 1.33 bits per heavy atom. The average molecular weight is 438 g/mol. The number of sulfonamides is 1. The molecule has 8 nitrogen and oxygen atoms in total. The van der Waals surface area contributed by atoms with E-state index in [2.05, 4.69) is 12.2 Å². The summed E-state index contributed by atoms with van der Waals surface area (Å²) in [6, 6.07) is 3.10. The Morgan fingerprint density at radius 2 is 2.10 bits per heavy atom. The third kappa shape index (κ3) is 4.62. The summed E-state index contributed by atoms with van der Waals surface area (Å²) in [5.74, 6) is -0.198. The fourth-order valence-electron chi connectivity index (χ4n) is 4.03. The molecule has 0 aliphatic carbocycles. The maximum atomic E-state index is 13.4. The number of rotatable bonds is 7. The van der Waals surface area contributed by atoms with Crippen LogP contribution in [0.3, 0.4) is 0 Å². The van der Waals surface area contributed by atoms with Gasteiger partial charge in [0.2, 0.25) is 15.9 Å². The second-order valence-electron chi connectivity index (χ2n) is 7.92. The van der Waals surface area contributed by atoms with Crippen LogP contribution in [0.25, 0.3) is 0 Å². The van der Waals surface area contributed by atoms with Crippen LogP contribution in [0.15, 0.2) is 17.0 Å². The van der Waals surface area contributed by atoms with Crippen molar-refractivity contribution in [3.8, 4) is 5.75 Å². The van der Waals surface area contributed by atoms with Gasteiger partial charge in [-0.3, -0.25) is 9.59 Å². The van der Waals surface area contributed by atoms with E-state index in [0.717, 1.165) is 12.8 Å². The van der Waals surface area contributed by atoms with Gasteiger partial charge in [0.1, 0.15) is 5.75 Å². The fraction of sp³-hybridized carbons (Fsp3) is 0.619. The van der Waals surface area contributed by atoms with E-state index < -0.39 is 10.0 Å². The van der Waals surface area contributed by atoms with Crippen molar-refractivity contribution in [3.63, 3.8) is 0 Å². The molecular weight excluding hydrogens is 406 g/mol. The van der Waals surface area contributed by atoms with Gasteiger partial charge in [-0.1, -0.05) is 13.3 Å². The number of carbonyl (C=O) groups is 2. The molecule has 2 aliphatic rings. The van der Waals surface area contributed by atoms with Crippen LogP contribution < -0.4 is 10.1 Å². The molecule has 1 aromatic rings. The lowest BCUT2D eigenvalue weighted by molar-refractivity contribution is -0.136. The molecule has 9 heteroatoms. The maximum absolute atomic E-state index is 13.4. The first kappa shape index (κ1) is 22.6. The van der Waals surface area contributed by atoms with Crippen LogP contribution in [0.2, 0.25) is 0 Å². The number of hydrogen-bond acceptors (Lipinski definition) is 5. The molecule has 1 saturated heterocycles. The normalized spacial score (nSPS) is 19.6. The van der Waals surface area contributed by atoms with Gasteiger partial charge in [-0.05, 0) is 44.7 Å². The smallest absolute Gasteiger partial charge is 0.262 e. The molecule has 1 atom stereocenters. The molecule has 1 N–H and O–H groups in total. The second kappa shape index (κ2) is 9.34. The standard InChI is InChI=1S/C21H31N3O5S/c1-4-6-9-23(5-2)21(26)16-8-7-10-24(13-16)30(27,28)19-12-18-17(11-15(19)3)22-20(25)14-29-18/h11-12,16H,4-10,13-14H2,1-3H3,(H,22,25)/t16-/m1/s1. The SMILES string of the molecule is CCCCN(CC)C(=O)[C@@H]1CCCN(S(=O)(=O)c2cc3c(cc2C)NC(=O)CO3)C1. The summed E-state index contributed by atoms with van der Waals surface area (Å²) in [7, 11) is -3.79. The number of aryl methyl sites for hydroxylation is 1. The van der Waals surface area contributed by atoms with Gasteiger partial charge in [-0.2, -0.15) is 4.31 Å². The molecule has 1 aromatic carbocycles. The van der Waals surface area contributed by atoms with Gasteiger partial charge < -0.3 is 15.0 Å². The number of carbonyl (C=O) groups excluding carboxylic acids is 2.